The van der Waals surface area contributed by atoms with E-state index in [-0.39, 0.29) is 47.3 Å². The molecule has 0 saturated carbocycles. The highest BCUT2D eigenvalue weighted by atomic mass is 35.5. The highest BCUT2D eigenvalue weighted by Gasteiger charge is 2.29. The number of carbonyl (C=O) groups excluding carboxylic acids is 1. The Labute approximate surface area is 181 Å². The van der Waals surface area contributed by atoms with Crippen LogP contribution in [0.4, 0.5) is 5.69 Å². The summed E-state index contributed by atoms with van der Waals surface area (Å²) in [5, 5.41) is 11.2. The molecule has 162 valence electrons. The molecule has 0 radical (unpaired) electrons. The molecule has 0 aliphatic carbocycles. The van der Waals surface area contributed by atoms with E-state index in [2.05, 4.69) is 0 Å². The van der Waals surface area contributed by atoms with Gasteiger partial charge in [-0.3, -0.25) is 14.9 Å². The molecule has 30 heavy (non-hydrogen) atoms. The van der Waals surface area contributed by atoms with Crippen LogP contribution in [0, 0.1) is 16.0 Å². The summed E-state index contributed by atoms with van der Waals surface area (Å²) in [6.07, 6.45) is 1.81. The topological polar surface area (TPSA) is 108 Å². The smallest absolute Gasteiger partial charge is 0.270 e. The maximum Gasteiger partial charge on any atom is 0.270 e. The summed E-state index contributed by atoms with van der Waals surface area (Å²) >= 11 is 0. The fourth-order valence-electron chi connectivity index (χ4n) is 3.45. The molecule has 9 heteroatoms. The number of nitro groups is 1. The van der Waals surface area contributed by atoms with Crippen LogP contribution in [0.2, 0.25) is 0 Å². The third-order valence-electron chi connectivity index (χ3n) is 5.18. The highest BCUT2D eigenvalue weighted by molar-refractivity contribution is 5.97. The Hall–Kier alpha value is -2.84. The van der Waals surface area contributed by atoms with Gasteiger partial charge in [-0.15, -0.1) is 12.4 Å². The number of piperidine rings is 1. The van der Waals surface area contributed by atoms with Gasteiger partial charge in [-0.25, -0.2) is 0 Å². The van der Waals surface area contributed by atoms with Gasteiger partial charge in [0.15, 0.2) is 0 Å². The van der Waals surface area contributed by atoms with E-state index in [1.54, 1.807) is 36.3 Å². The third-order valence-corrected chi connectivity index (χ3v) is 5.18. The molecular weight excluding hydrogens is 410 g/mol. The van der Waals surface area contributed by atoms with Gasteiger partial charge in [0.2, 0.25) is 0 Å². The number of ether oxygens (including phenoxy) is 2. The minimum absolute atomic E-state index is 0. The zero-order valence-corrected chi connectivity index (χ0v) is 17.8. The van der Waals surface area contributed by atoms with Crippen LogP contribution >= 0.6 is 12.4 Å². The number of rotatable bonds is 6. The summed E-state index contributed by atoms with van der Waals surface area (Å²) in [4.78, 5) is 25.6. The molecule has 1 aliphatic rings. The SMILES string of the molecule is COc1ccc(Oc2ccc([N+](=O)[O-])cc2C(=O)N2CCCC(C(C)N)C2)cc1.Cl. The second kappa shape index (κ2) is 10.3. The van der Waals surface area contributed by atoms with Crippen LogP contribution < -0.4 is 15.2 Å². The van der Waals surface area contributed by atoms with Crippen molar-refractivity contribution in [2.75, 3.05) is 20.2 Å². The molecular formula is C21H26ClN3O5. The average Bonchev–Trinajstić information content (AvgIpc) is 2.74. The summed E-state index contributed by atoms with van der Waals surface area (Å²) < 4.78 is 11.0. The minimum Gasteiger partial charge on any atom is -0.497 e. The summed E-state index contributed by atoms with van der Waals surface area (Å²) in [7, 11) is 1.57. The zero-order chi connectivity index (χ0) is 21.0. The fourth-order valence-corrected chi connectivity index (χ4v) is 3.45. The molecule has 0 spiro atoms. The Morgan fingerprint density at radius 3 is 2.50 bits per heavy atom. The zero-order valence-electron chi connectivity index (χ0n) is 16.9. The van der Waals surface area contributed by atoms with E-state index < -0.39 is 4.92 Å². The lowest BCUT2D eigenvalue weighted by Gasteiger charge is -2.34. The molecule has 2 unspecified atom stereocenters. The van der Waals surface area contributed by atoms with Gasteiger partial charge < -0.3 is 20.1 Å². The number of hydrogen-bond acceptors (Lipinski definition) is 6. The van der Waals surface area contributed by atoms with Crippen molar-refractivity contribution in [3.63, 3.8) is 0 Å². The molecule has 3 rings (SSSR count). The first-order valence-electron chi connectivity index (χ1n) is 9.54. The number of carbonyl (C=O) groups is 1. The molecule has 1 saturated heterocycles. The standard InChI is InChI=1S/C21H25N3O5.ClH/c1-14(22)15-4-3-11-23(13-15)21(25)19-12-16(24(26)27)5-10-20(19)29-18-8-6-17(28-2)7-9-18;/h5-10,12,14-15H,3-4,11,13,22H2,1-2H3;1H. The van der Waals surface area contributed by atoms with Crippen LogP contribution in [0.5, 0.6) is 17.2 Å². The van der Waals surface area contributed by atoms with Crippen molar-refractivity contribution in [2.45, 2.75) is 25.8 Å². The van der Waals surface area contributed by atoms with Gasteiger partial charge in [-0.1, -0.05) is 0 Å². The number of likely N-dealkylation sites (tertiary alicyclic amines) is 1. The lowest BCUT2D eigenvalue weighted by atomic mass is 9.92. The first-order chi connectivity index (χ1) is 13.9. The summed E-state index contributed by atoms with van der Waals surface area (Å²) in [5.74, 6) is 1.36. The molecule has 0 bridgehead atoms. The van der Waals surface area contributed by atoms with Crippen LogP contribution in [0.15, 0.2) is 42.5 Å². The number of nitrogens with zero attached hydrogens (tertiary/aromatic N) is 2. The Morgan fingerprint density at radius 1 is 1.23 bits per heavy atom. The predicted molar refractivity (Wildman–Crippen MR) is 116 cm³/mol. The molecule has 2 aromatic rings. The van der Waals surface area contributed by atoms with Crippen LogP contribution in [-0.4, -0.2) is 42.0 Å². The number of nitro benzene ring substituents is 1. The van der Waals surface area contributed by atoms with E-state index in [0.717, 1.165) is 12.8 Å². The van der Waals surface area contributed by atoms with Crippen LogP contribution in [0.25, 0.3) is 0 Å². The fraction of sp³-hybridized carbons (Fsp3) is 0.381. The van der Waals surface area contributed by atoms with E-state index in [1.165, 1.54) is 18.2 Å². The van der Waals surface area contributed by atoms with E-state index in [0.29, 0.717) is 24.6 Å². The molecule has 2 atom stereocenters. The summed E-state index contributed by atoms with van der Waals surface area (Å²) in [5.41, 5.74) is 6.04. The molecule has 8 nitrogen and oxygen atoms in total. The van der Waals surface area contributed by atoms with Crippen LogP contribution in [-0.2, 0) is 0 Å². The Balaban J connectivity index is 0.00000320. The summed E-state index contributed by atoms with van der Waals surface area (Å²) in [6.45, 7) is 3.05. The van der Waals surface area contributed by atoms with E-state index in [4.69, 9.17) is 15.2 Å². The van der Waals surface area contributed by atoms with Crippen molar-refractivity contribution in [2.24, 2.45) is 11.7 Å². The highest BCUT2D eigenvalue weighted by Crippen LogP contribution is 2.32. The number of benzene rings is 2. The second-order valence-electron chi connectivity index (χ2n) is 7.23. The van der Waals surface area contributed by atoms with Crippen LogP contribution in [0.3, 0.4) is 0 Å². The van der Waals surface area contributed by atoms with Gasteiger partial charge in [0.05, 0.1) is 17.6 Å². The molecule has 0 aromatic heterocycles. The Kier molecular flexibility index (Phi) is 8.02. The average molecular weight is 436 g/mol. The molecule has 1 amide bonds. The monoisotopic (exact) mass is 435 g/mol. The first kappa shape index (κ1) is 23.4. The van der Waals surface area contributed by atoms with Gasteiger partial charge in [-0.2, -0.15) is 0 Å². The number of non-ortho nitro benzene ring substituents is 1. The molecule has 2 aromatic carbocycles. The van der Waals surface area contributed by atoms with Crippen molar-refractivity contribution in [1.82, 2.24) is 4.90 Å². The van der Waals surface area contributed by atoms with Gasteiger partial charge >= 0.3 is 0 Å². The lowest BCUT2D eigenvalue weighted by Crippen LogP contribution is -2.45. The normalized spacial score (nSPS) is 16.9. The van der Waals surface area contributed by atoms with E-state index in [1.807, 2.05) is 6.92 Å². The van der Waals surface area contributed by atoms with Gasteiger partial charge in [0, 0.05) is 31.3 Å². The number of nitrogens with two attached hydrogens (primary N) is 1. The van der Waals surface area contributed by atoms with E-state index in [9.17, 15) is 14.9 Å². The first-order valence-corrected chi connectivity index (χ1v) is 9.54. The number of halogens is 1. The number of amides is 1. The quantitative estimate of drug-likeness (QED) is 0.542. The van der Waals surface area contributed by atoms with Crippen LogP contribution in [0.1, 0.15) is 30.1 Å². The maximum absolute atomic E-state index is 13.2. The lowest BCUT2D eigenvalue weighted by molar-refractivity contribution is -0.384. The molecule has 1 aliphatic heterocycles. The Bertz CT molecular complexity index is 889. The largest absolute Gasteiger partial charge is 0.497 e. The third kappa shape index (κ3) is 5.40. The predicted octanol–water partition coefficient (Wildman–Crippen LogP) is 4.02. The van der Waals surface area contributed by atoms with Crippen molar-refractivity contribution in [3.05, 3.63) is 58.1 Å². The number of methoxy groups -OCH3 is 1. The minimum atomic E-state index is -0.519. The second-order valence-corrected chi connectivity index (χ2v) is 7.23. The molecule has 1 heterocycles. The van der Waals surface area contributed by atoms with Gasteiger partial charge in [-0.05, 0) is 56.0 Å². The van der Waals surface area contributed by atoms with E-state index >= 15 is 0 Å². The maximum atomic E-state index is 13.2. The Morgan fingerprint density at radius 2 is 1.90 bits per heavy atom. The molecule has 2 N–H and O–H groups in total. The van der Waals surface area contributed by atoms with Crippen molar-refractivity contribution in [3.8, 4) is 17.2 Å². The van der Waals surface area contributed by atoms with Crippen molar-refractivity contribution >= 4 is 24.0 Å². The molecule has 1 fully saturated rings. The summed E-state index contributed by atoms with van der Waals surface area (Å²) in [6, 6.07) is 10.9. The van der Waals surface area contributed by atoms with Crippen molar-refractivity contribution < 1.29 is 19.2 Å². The van der Waals surface area contributed by atoms with Gasteiger partial charge in [0.1, 0.15) is 17.2 Å². The van der Waals surface area contributed by atoms with Gasteiger partial charge in [0.25, 0.3) is 11.6 Å². The number of hydrogen-bond donors (Lipinski definition) is 1. The van der Waals surface area contributed by atoms with Crippen molar-refractivity contribution in [1.29, 1.82) is 0 Å².